The third-order valence-corrected chi connectivity index (χ3v) is 6.82. The highest BCUT2D eigenvalue weighted by Gasteiger charge is 2.13. The molecule has 0 N–H and O–H groups in total. The Balaban J connectivity index is 1.48. The first kappa shape index (κ1) is 21.2. The van der Waals surface area contributed by atoms with Crippen molar-refractivity contribution in [1.82, 2.24) is 9.38 Å². The first-order chi connectivity index (χ1) is 15.9. The van der Waals surface area contributed by atoms with Gasteiger partial charge in [-0.05, 0) is 73.4 Å². The van der Waals surface area contributed by atoms with Crippen LogP contribution in [0.4, 0.5) is 0 Å². The molecule has 2 aromatic heterocycles. The van der Waals surface area contributed by atoms with Crippen molar-refractivity contribution < 1.29 is 9.47 Å². The van der Waals surface area contributed by atoms with Crippen molar-refractivity contribution >= 4 is 33.4 Å². The summed E-state index contributed by atoms with van der Waals surface area (Å²) in [6, 6.07) is 18.0. The molecule has 0 saturated carbocycles. The van der Waals surface area contributed by atoms with E-state index in [-0.39, 0.29) is 5.56 Å². The summed E-state index contributed by atoms with van der Waals surface area (Å²) in [5.41, 5.74) is 7.14. The SMILES string of the molecule is COc1cc(/C=c2\sc3nc4cc(C)c(C)cc4n3c2=O)ccc1OCc1ccc(C)cc1. The molecule has 5 rings (SSSR count). The van der Waals surface area contributed by atoms with E-state index in [2.05, 4.69) is 43.1 Å². The quantitative estimate of drug-likeness (QED) is 0.375. The first-order valence-corrected chi connectivity index (χ1v) is 11.5. The number of thiazole rings is 1. The second-order valence-electron chi connectivity index (χ2n) is 8.26. The van der Waals surface area contributed by atoms with Gasteiger partial charge in [0.25, 0.3) is 5.56 Å². The largest absolute Gasteiger partial charge is 0.493 e. The Morgan fingerprint density at radius 1 is 0.970 bits per heavy atom. The fourth-order valence-electron chi connectivity index (χ4n) is 3.81. The number of rotatable bonds is 5. The van der Waals surface area contributed by atoms with Gasteiger partial charge in [-0.15, -0.1) is 0 Å². The Labute approximate surface area is 195 Å². The molecule has 0 aliphatic heterocycles. The molecule has 0 fully saturated rings. The number of ether oxygens (including phenoxy) is 2. The molecular formula is C27H24N2O3S. The minimum atomic E-state index is -0.0561. The number of nitrogens with zero attached hydrogens (tertiary/aromatic N) is 2. The number of fused-ring (bicyclic) bond motifs is 3. The fraction of sp³-hybridized carbons (Fsp3) is 0.185. The Kier molecular flexibility index (Phi) is 5.38. The lowest BCUT2D eigenvalue weighted by Crippen LogP contribution is -2.22. The summed E-state index contributed by atoms with van der Waals surface area (Å²) in [7, 11) is 1.62. The van der Waals surface area contributed by atoms with Crippen LogP contribution in [0, 0.1) is 20.8 Å². The van der Waals surface area contributed by atoms with E-state index in [4.69, 9.17) is 9.47 Å². The Morgan fingerprint density at radius 3 is 2.48 bits per heavy atom. The number of benzene rings is 3. The van der Waals surface area contributed by atoms with Gasteiger partial charge in [-0.25, -0.2) is 9.38 Å². The maximum atomic E-state index is 13.2. The van der Waals surface area contributed by atoms with Crippen molar-refractivity contribution in [3.8, 4) is 11.5 Å². The van der Waals surface area contributed by atoms with Crippen molar-refractivity contribution in [1.29, 1.82) is 0 Å². The van der Waals surface area contributed by atoms with Gasteiger partial charge in [-0.1, -0.05) is 47.2 Å². The van der Waals surface area contributed by atoms with Crippen molar-refractivity contribution in [2.24, 2.45) is 0 Å². The molecule has 0 atom stereocenters. The van der Waals surface area contributed by atoms with Crippen LogP contribution in [0.2, 0.25) is 0 Å². The molecule has 5 nitrogen and oxygen atoms in total. The lowest BCUT2D eigenvalue weighted by molar-refractivity contribution is 0.284. The summed E-state index contributed by atoms with van der Waals surface area (Å²) in [5, 5.41) is 0. The van der Waals surface area contributed by atoms with E-state index in [1.54, 1.807) is 11.5 Å². The molecule has 6 heteroatoms. The second-order valence-corrected chi connectivity index (χ2v) is 9.26. The van der Waals surface area contributed by atoms with E-state index in [1.807, 2.05) is 43.3 Å². The van der Waals surface area contributed by atoms with Crippen LogP contribution in [0.5, 0.6) is 11.5 Å². The normalized spacial score (nSPS) is 12.1. The zero-order chi connectivity index (χ0) is 23.1. The fourth-order valence-corrected chi connectivity index (χ4v) is 4.80. The minimum absolute atomic E-state index is 0.0561. The zero-order valence-electron chi connectivity index (χ0n) is 19.0. The van der Waals surface area contributed by atoms with E-state index < -0.39 is 0 Å². The number of hydrogen-bond donors (Lipinski definition) is 0. The smallest absolute Gasteiger partial charge is 0.274 e. The standard InChI is InChI=1S/C27H24N2O3S/c1-16-5-7-19(8-6-16)15-32-23-10-9-20(13-24(23)31-4)14-25-26(30)29-22-12-18(3)17(2)11-21(22)28-27(29)33-25/h5-14H,15H2,1-4H3/b25-14-. The maximum Gasteiger partial charge on any atom is 0.274 e. The van der Waals surface area contributed by atoms with Gasteiger partial charge in [0.1, 0.15) is 6.61 Å². The van der Waals surface area contributed by atoms with Crippen LogP contribution in [-0.2, 0) is 6.61 Å². The highest BCUT2D eigenvalue weighted by atomic mass is 32.1. The molecule has 33 heavy (non-hydrogen) atoms. The van der Waals surface area contributed by atoms with Crippen molar-refractivity contribution in [2.45, 2.75) is 27.4 Å². The van der Waals surface area contributed by atoms with Gasteiger partial charge in [0.05, 0.1) is 22.7 Å². The van der Waals surface area contributed by atoms with Crippen molar-refractivity contribution in [3.63, 3.8) is 0 Å². The summed E-state index contributed by atoms with van der Waals surface area (Å²) < 4.78 is 13.9. The molecule has 3 aromatic carbocycles. The van der Waals surface area contributed by atoms with E-state index >= 15 is 0 Å². The molecule has 0 bridgehead atoms. The van der Waals surface area contributed by atoms with Gasteiger partial charge in [0.2, 0.25) is 0 Å². The second kappa shape index (κ2) is 8.37. The highest BCUT2D eigenvalue weighted by Crippen LogP contribution is 2.29. The predicted molar refractivity (Wildman–Crippen MR) is 134 cm³/mol. The van der Waals surface area contributed by atoms with E-state index in [0.29, 0.717) is 27.6 Å². The average molecular weight is 457 g/mol. The maximum absolute atomic E-state index is 13.2. The van der Waals surface area contributed by atoms with Crippen LogP contribution in [-0.4, -0.2) is 16.5 Å². The topological polar surface area (TPSA) is 52.8 Å². The first-order valence-electron chi connectivity index (χ1n) is 10.7. The molecule has 0 amide bonds. The molecule has 0 spiro atoms. The van der Waals surface area contributed by atoms with Gasteiger partial charge < -0.3 is 9.47 Å². The number of aryl methyl sites for hydroxylation is 3. The molecule has 0 aliphatic rings. The van der Waals surface area contributed by atoms with E-state index in [1.165, 1.54) is 22.5 Å². The summed E-state index contributed by atoms with van der Waals surface area (Å²) in [6.45, 7) is 6.62. The molecular weight excluding hydrogens is 432 g/mol. The lowest BCUT2D eigenvalue weighted by Gasteiger charge is -2.11. The molecule has 0 aliphatic carbocycles. The van der Waals surface area contributed by atoms with Gasteiger partial charge in [-0.2, -0.15) is 0 Å². The van der Waals surface area contributed by atoms with Crippen molar-refractivity contribution in [3.05, 3.63) is 97.3 Å². The van der Waals surface area contributed by atoms with Gasteiger partial charge in [0.15, 0.2) is 16.5 Å². The molecule has 0 unspecified atom stereocenters. The van der Waals surface area contributed by atoms with E-state index in [0.717, 1.165) is 27.7 Å². The predicted octanol–water partition coefficient (Wildman–Crippen LogP) is 4.97. The third-order valence-electron chi connectivity index (χ3n) is 5.85. The van der Waals surface area contributed by atoms with Crippen LogP contribution in [0.15, 0.2) is 59.4 Å². The van der Waals surface area contributed by atoms with Crippen LogP contribution in [0.1, 0.15) is 27.8 Å². The van der Waals surface area contributed by atoms with Gasteiger partial charge in [-0.3, -0.25) is 4.79 Å². The zero-order valence-corrected chi connectivity index (χ0v) is 19.8. The Morgan fingerprint density at radius 2 is 1.73 bits per heavy atom. The summed E-state index contributed by atoms with van der Waals surface area (Å²) in [5.74, 6) is 1.29. The summed E-state index contributed by atoms with van der Waals surface area (Å²) >= 11 is 1.39. The number of imidazole rings is 1. The minimum Gasteiger partial charge on any atom is -0.493 e. The van der Waals surface area contributed by atoms with Crippen molar-refractivity contribution in [2.75, 3.05) is 7.11 Å². The third kappa shape index (κ3) is 3.98. The number of aromatic nitrogens is 2. The summed E-state index contributed by atoms with van der Waals surface area (Å²) in [4.78, 5) is 18.5. The molecule has 0 saturated heterocycles. The summed E-state index contributed by atoms with van der Waals surface area (Å²) in [6.07, 6.45) is 1.88. The molecule has 2 heterocycles. The van der Waals surface area contributed by atoms with E-state index in [9.17, 15) is 4.79 Å². The highest BCUT2D eigenvalue weighted by molar-refractivity contribution is 7.15. The lowest BCUT2D eigenvalue weighted by atomic mass is 10.1. The Bertz CT molecular complexity index is 1600. The monoisotopic (exact) mass is 456 g/mol. The molecule has 0 radical (unpaired) electrons. The van der Waals surface area contributed by atoms with Crippen LogP contribution < -0.4 is 19.6 Å². The van der Waals surface area contributed by atoms with Gasteiger partial charge >= 0.3 is 0 Å². The van der Waals surface area contributed by atoms with Crippen LogP contribution >= 0.6 is 11.3 Å². The van der Waals surface area contributed by atoms with Crippen LogP contribution in [0.25, 0.3) is 22.1 Å². The van der Waals surface area contributed by atoms with Crippen LogP contribution in [0.3, 0.4) is 0 Å². The van der Waals surface area contributed by atoms with Gasteiger partial charge in [0, 0.05) is 0 Å². The number of methoxy groups -OCH3 is 1. The number of hydrogen-bond acceptors (Lipinski definition) is 5. The molecule has 166 valence electrons. The average Bonchev–Trinajstić information content (AvgIpc) is 3.29. The molecule has 5 aromatic rings. The Hall–Kier alpha value is -3.64.